The van der Waals surface area contributed by atoms with E-state index in [2.05, 4.69) is 15.0 Å². The molecular formula is C14H14N4O2. The fourth-order valence-corrected chi connectivity index (χ4v) is 2.25. The number of aliphatic imine (C=N–C) groups is 1. The molecule has 0 unspecified atom stereocenters. The number of allylic oxidation sites excluding steroid dienone is 1. The molecule has 0 amide bonds. The Balaban J connectivity index is 2.10. The molecule has 0 atom stereocenters. The van der Waals surface area contributed by atoms with Crippen molar-refractivity contribution in [2.75, 3.05) is 0 Å². The van der Waals surface area contributed by atoms with E-state index in [0.717, 1.165) is 16.8 Å². The van der Waals surface area contributed by atoms with Gasteiger partial charge in [0.05, 0.1) is 11.9 Å². The van der Waals surface area contributed by atoms with Crippen LogP contribution in [0.15, 0.2) is 28.2 Å². The molecule has 2 aromatic rings. The van der Waals surface area contributed by atoms with Gasteiger partial charge in [-0.2, -0.15) is 0 Å². The Labute approximate surface area is 115 Å². The SMILES string of the molecule is CC(C)n1c(O)c(/C=C2\C=Nc3cnccc32)[nH]c1=O. The number of fused-ring (bicyclic) bond motifs is 1. The number of aromatic nitrogens is 3. The Bertz CT molecular complexity index is 781. The number of imidazole rings is 1. The Morgan fingerprint density at radius 3 is 2.95 bits per heavy atom. The van der Waals surface area contributed by atoms with Crippen molar-refractivity contribution < 1.29 is 5.11 Å². The molecule has 20 heavy (non-hydrogen) atoms. The summed E-state index contributed by atoms with van der Waals surface area (Å²) in [6.45, 7) is 3.67. The van der Waals surface area contributed by atoms with Crippen LogP contribution in [0.5, 0.6) is 5.88 Å². The monoisotopic (exact) mass is 270 g/mol. The zero-order valence-electron chi connectivity index (χ0n) is 11.2. The summed E-state index contributed by atoms with van der Waals surface area (Å²) in [5.74, 6) is -0.0617. The first kappa shape index (κ1) is 12.4. The minimum Gasteiger partial charge on any atom is -0.493 e. The molecule has 3 heterocycles. The van der Waals surface area contributed by atoms with Crippen molar-refractivity contribution in [3.63, 3.8) is 0 Å². The van der Waals surface area contributed by atoms with Crippen molar-refractivity contribution in [3.8, 4) is 5.88 Å². The molecular weight excluding hydrogens is 256 g/mol. The van der Waals surface area contributed by atoms with Gasteiger partial charge >= 0.3 is 5.69 Å². The highest BCUT2D eigenvalue weighted by molar-refractivity contribution is 6.21. The molecule has 0 radical (unpaired) electrons. The molecule has 0 aliphatic carbocycles. The third kappa shape index (κ3) is 1.85. The standard InChI is InChI=1S/C14H14N4O2/c1-8(2)18-13(19)11(17-14(18)20)5-9-6-16-12-7-15-4-3-10(9)12/h3-8,19H,1-2H3,(H,17,20)/b9-5+. The van der Waals surface area contributed by atoms with Crippen LogP contribution >= 0.6 is 0 Å². The summed E-state index contributed by atoms with van der Waals surface area (Å²) in [6, 6.07) is 1.74. The van der Waals surface area contributed by atoms with E-state index in [1.807, 2.05) is 19.9 Å². The molecule has 0 saturated carbocycles. The zero-order valence-corrected chi connectivity index (χ0v) is 11.2. The minimum absolute atomic E-state index is 0.0617. The summed E-state index contributed by atoms with van der Waals surface area (Å²) in [4.78, 5) is 22.7. The van der Waals surface area contributed by atoms with Gasteiger partial charge in [0.2, 0.25) is 5.88 Å². The summed E-state index contributed by atoms with van der Waals surface area (Å²) < 4.78 is 1.31. The summed E-state index contributed by atoms with van der Waals surface area (Å²) in [5, 5.41) is 10.1. The lowest BCUT2D eigenvalue weighted by atomic mass is 10.1. The Morgan fingerprint density at radius 2 is 2.25 bits per heavy atom. The third-order valence-corrected chi connectivity index (χ3v) is 3.20. The highest BCUT2D eigenvalue weighted by Crippen LogP contribution is 2.32. The van der Waals surface area contributed by atoms with Gasteiger partial charge in [-0.25, -0.2) is 4.79 Å². The highest BCUT2D eigenvalue weighted by atomic mass is 16.3. The lowest BCUT2D eigenvalue weighted by Crippen LogP contribution is -2.18. The molecule has 0 spiro atoms. The molecule has 0 saturated heterocycles. The van der Waals surface area contributed by atoms with Crippen molar-refractivity contribution in [3.05, 3.63) is 40.2 Å². The largest absolute Gasteiger partial charge is 0.493 e. The fourth-order valence-electron chi connectivity index (χ4n) is 2.25. The summed E-state index contributed by atoms with van der Waals surface area (Å²) >= 11 is 0. The first-order chi connectivity index (χ1) is 9.58. The Morgan fingerprint density at radius 1 is 1.45 bits per heavy atom. The number of pyridine rings is 1. The van der Waals surface area contributed by atoms with E-state index in [1.54, 1.807) is 24.7 Å². The molecule has 3 rings (SSSR count). The lowest BCUT2D eigenvalue weighted by molar-refractivity contribution is 0.395. The second-order valence-corrected chi connectivity index (χ2v) is 4.88. The van der Waals surface area contributed by atoms with Crippen LogP contribution in [-0.4, -0.2) is 25.9 Å². The number of nitrogens with zero attached hydrogens (tertiary/aromatic N) is 3. The predicted octanol–water partition coefficient (Wildman–Crippen LogP) is 2.11. The van der Waals surface area contributed by atoms with Gasteiger partial charge in [-0.3, -0.25) is 14.5 Å². The van der Waals surface area contributed by atoms with Gasteiger partial charge in [0.1, 0.15) is 5.69 Å². The van der Waals surface area contributed by atoms with Crippen LogP contribution in [-0.2, 0) is 0 Å². The van der Waals surface area contributed by atoms with E-state index in [1.165, 1.54) is 4.57 Å². The summed E-state index contributed by atoms with van der Waals surface area (Å²) in [5.41, 5.74) is 2.60. The molecule has 102 valence electrons. The second-order valence-electron chi connectivity index (χ2n) is 4.88. The smallest absolute Gasteiger partial charge is 0.329 e. The maximum absolute atomic E-state index is 11.8. The molecule has 0 aromatic carbocycles. The van der Waals surface area contributed by atoms with E-state index in [-0.39, 0.29) is 17.6 Å². The van der Waals surface area contributed by atoms with Crippen molar-refractivity contribution in [2.24, 2.45) is 4.99 Å². The quantitative estimate of drug-likeness (QED) is 0.876. The molecule has 6 nitrogen and oxygen atoms in total. The molecule has 2 aromatic heterocycles. The first-order valence-corrected chi connectivity index (χ1v) is 6.31. The number of H-pyrrole nitrogens is 1. The molecule has 6 heteroatoms. The van der Waals surface area contributed by atoms with Gasteiger partial charge in [0.25, 0.3) is 0 Å². The van der Waals surface area contributed by atoms with Gasteiger partial charge in [0.15, 0.2) is 0 Å². The minimum atomic E-state index is -0.325. The van der Waals surface area contributed by atoms with Crippen molar-refractivity contribution in [2.45, 2.75) is 19.9 Å². The van der Waals surface area contributed by atoms with Crippen molar-refractivity contribution in [1.82, 2.24) is 14.5 Å². The van der Waals surface area contributed by atoms with Gasteiger partial charge in [-0.15, -0.1) is 0 Å². The van der Waals surface area contributed by atoms with E-state index < -0.39 is 0 Å². The van der Waals surface area contributed by atoms with Crippen LogP contribution in [0.4, 0.5) is 5.69 Å². The van der Waals surface area contributed by atoms with Crippen molar-refractivity contribution >= 4 is 23.6 Å². The molecule has 0 fully saturated rings. The number of hydrogen-bond acceptors (Lipinski definition) is 4. The molecule has 0 bridgehead atoms. The van der Waals surface area contributed by atoms with Gasteiger partial charge < -0.3 is 10.1 Å². The Kier molecular flexibility index (Phi) is 2.78. The van der Waals surface area contributed by atoms with Crippen LogP contribution in [0.2, 0.25) is 0 Å². The maximum atomic E-state index is 11.8. The fraction of sp³-hybridized carbons (Fsp3) is 0.214. The number of rotatable bonds is 2. The molecule has 1 aliphatic rings. The highest BCUT2D eigenvalue weighted by Gasteiger charge is 2.17. The first-order valence-electron chi connectivity index (χ1n) is 6.31. The molecule has 2 N–H and O–H groups in total. The topological polar surface area (TPSA) is 83.3 Å². The van der Waals surface area contributed by atoms with Gasteiger partial charge in [0, 0.05) is 29.6 Å². The summed E-state index contributed by atoms with van der Waals surface area (Å²) in [7, 11) is 0. The van der Waals surface area contributed by atoms with Crippen molar-refractivity contribution in [1.29, 1.82) is 0 Å². The van der Waals surface area contributed by atoms with E-state index in [4.69, 9.17) is 0 Å². The number of hydrogen-bond donors (Lipinski definition) is 2. The van der Waals surface area contributed by atoms with E-state index in [0.29, 0.717) is 5.69 Å². The number of aromatic amines is 1. The molecule has 1 aliphatic heterocycles. The van der Waals surface area contributed by atoms with Crippen LogP contribution in [0, 0.1) is 0 Å². The maximum Gasteiger partial charge on any atom is 0.329 e. The number of aromatic hydroxyl groups is 1. The average molecular weight is 270 g/mol. The third-order valence-electron chi connectivity index (χ3n) is 3.20. The Hall–Kier alpha value is -2.63. The normalized spacial score (nSPS) is 15.2. The van der Waals surface area contributed by atoms with Crippen LogP contribution in [0.25, 0.3) is 11.6 Å². The van der Waals surface area contributed by atoms with Crippen LogP contribution < -0.4 is 5.69 Å². The predicted molar refractivity (Wildman–Crippen MR) is 77.4 cm³/mol. The van der Waals surface area contributed by atoms with Gasteiger partial charge in [-0.1, -0.05) is 0 Å². The van der Waals surface area contributed by atoms with Crippen LogP contribution in [0.1, 0.15) is 31.1 Å². The number of nitrogens with one attached hydrogen (secondary N) is 1. The zero-order chi connectivity index (χ0) is 14.3. The lowest BCUT2D eigenvalue weighted by Gasteiger charge is -2.05. The van der Waals surface area contributed by atoms with E-state index >= 15 is 0 Å². The summed E-state index contributed by atoms with van der Waals surface area (Å²) in [6.07, 6.45) is 6.76. The second kappa shape index (κ2) is 4.48. The van der Waals surface area contributed by atoms with Crippen LogP contribution in [0.3, 0.4) is 0 Å². The van der Waals surface area contributed by atoms with Gasteiger partial charge in [-0.05, 0) is 26.0 Å². The average Bonchev–Trinajstić information content (AvgIpc) is 2.93. The van der Waals surface area contributed by atoms with E-state index in [9.17, 15) is 9.90 Å².